The van der Waals surface area contributed by atoms with E-state index >= 15 is 0 Å². The summed E-state index contributed by atoms with van der Waals surface area (Å²) in [7, 11) is 1.55. The van der Waals surface area contributed by atoms with Crippen molar-refractivity contribution in [1.29, 1.82) is 0 Å². The van der Waals surface area contributed by atoms with E-state index in [1.165, 1.54) is 0 Å². The molecule has 0 aliphatic heterocycles. The predicted octanol–water partition coefficient (Wildman–Crippen LogP) is 5.34. The fourth-order valence-electron chi connectivity index (χ4n) is 3.75. The summed E-state index contributed by atoms with van der Waals surface area (Å²) < 4.78 is 5.23. The van der Waals surface area contributed by atoms with Gasteiger partial charge in [0.05, 0.1) is 7.11 Å². The maximum absolute atomic E-state index is 13.4. The molecule has 1 unspecified atom stereocenters. The number of anilines is 1. The van der Waals surface area contributed by atoms with Crippen molar-refractivity contribution in [3.63, 3.8) is 0 Å². The molecule has 1 atom stereocenters. The normalized spacial score (nSPS) is 11.3. The van der Waals surface area contributed by atoms with E-state index in [2.05, 4.69) is 10.6 Å². The van der Waals surface area contributed by atoms with Gasteiger partial charge in [0.1, 0.15) is 11.8 Å². The first-order chi connectivity index (χ1) is 16.6. The highest BCUT2D eigenvalue weighted by Gasteiger charge is 2.23. The summed E-state index contributed by atoms with van der Waals surface area (Å²) in [5.74, 6) is -0.0525. The van der Waals surface area contributed by atoms with Gasteiger partial charge in [0, 0.05) is 23.2 Å². The fourth-order valence-corrected chi connectivity index (χ4v) is 3.75. The Morgan fingerprint density at radius 2 is 1.47 bits per heavy atom. The van der Waals surface area contributed by atoms with Crippen LogP contribution in [0.5, 0.6) is 5.75 Å². The van der Waals surface area contributed by atoms with E-state index in [-0.39, 0.29) is 11.8 Å². The third-order valence-corrected chi connectivity index (χ3v) is 5.51. The average molecular weight is 451 g/mol. The van der Waals surface area contributed by atoms with Gasteiger partial charge in [-0.15, -0.1) is 0 Å². The number of benzene rings is 4. The summed E-state index contributed by atoms with van der Waals surface area (Å²) in [5.41, 5.74) is 3.97. The van der Waals surface area contributed by atoms with Crippen LogP contribution < -0.4 is 15.4 Å². The first-order valence-corrected chi connectivity index (χ1v) is 11.1. The van der Waals surface area contributed by atoms with Gasteiger partial charge in [0.2, 0.25) is 5.91 Å². The highest BCUT2D eigenvalue weighted by atomic mass is 16.5. The van der Waals surface area contributed by atoms with Crippen molar-refractivity contribution in [2.75, 3.05) is 12.4 Å². The standard InChI is InChI=1S/C29H26N2O3/c1-34-24-16-10-15-23(20-24)28(32)31-27(19-21-11-4-2-5-12-21)29(33)30-26-18-9-8-17-25(26)22-13-6-3-7-14-22/h2-18,20,27H,19H2,1H3,(H,30,33)(H,31,32). The maximum atomic E-state index is 13.4. The van der Waals surface area contributed by atoms with E-state index in [1.54, 1.807) is 31.4 Å². The Morgan fingerprint density at radius 1 is 0.794 bits per heavy atom. The molecule has 0 aliphatic carbocycles. The molecule has 0 aliphatic rings. The Kier molecular flexibility index (Phi) is 7.35. The highest BCUT2D eigenvalue weighted by molar-refractivity contribution is 6.03. The molecule has 5 heteroatoms. The van der Waals surface area contributed by atoms with Gasteiger partial charge in [0.25, 0.3) is 5.91 Å². The number of nitrogens with one attached hydrogen (secondary N) is 2. The Labute approximate surface area is 199 Å². The third-order valence-electron chi connectivity index (χ3n) is 5.51. The lowest BCUT2D eigenvalue weighted by Gasteiger charge is -2.20. The number of ether oxygens (including phenoxy) is 1. The van der Waals surface area contributed by atoms with Crippen molar-refractivity contribution in [2.24, 2.45) is 0 Å². The van der Waals surface area contributed by atoms with Crippen LogP contribution >= 0.6 is 0 Å². The lowest BCUT2D eigenvalue weighted by atomic mass is 10.0. The third kappa shape index (κ3) is 5.70. The molecule has 0 saturated heterocycles. The van der Waals surface area contributed by atoms with E-state index in [0.29, 0.717) is 23.4 Å². The summed E-state index contributed by atoms with van der Waals surface area (Å²) in [4.78, 5) is 26.5. The van der Waals surface area contributed by atoms with Gasteiger partial charge in [-0.2, -0.15) is 0 Å². The molecular formula is C29H26N2O3. The van der Waals surface area contributed by atoms with Gasteiger partial charge in [-0.3, -0.25) is 9.59 Å². The number of carbonyl (C=O) groups excluding carboxylic acids is 2. The van der Waals surface area contributed by atoms with Crippen molar-refractivity contribution < 1.29 is 14.3 Å². The van der Waals surface area contributed by atoms with Gasteiger partial charge >= 0.3 is 0 Å². The zero-order valence-corrected chi connectivity index (χ0v) is 18.9. The molecule has 34 heavy (non-hydrogen) atoms. The molecule has 0 radical (unpaired) electrons. The average Bonchev–Trinajstić information content (AvgIpc) is 2.89. The second-order valence-corrected chi connectivity index (χ2v) is 7.85. The second kappa shape index (κ2) is 11.0. The smallest absolute Gasteiger partial charge is 0.252 e. The number of rotatable bonds is 8. The summed E-state index contributed by atoms with van der Waals surface area (Å²) >= 11 is 0. The summed E-state index contributed by atoms with van der Waals surface area (Å²) in [6.45, 7) is 0. The molecular weight excluding hydrogens is 424 g/mol. The monoisotopic (exact) mass is 450 g/mol. The van der Waals surface area contributed by atoms with E-state index in [4.69, 9.17) is 4.74 Å². The van der Waals surface area contributed by atoms with Crippen molar-refractivity contribution >= 4 is 17.5 Å². The van der Waals surface area contributed by atoms with Crippen LogP contribution in [0.2, 0.25) is 0 Å². The van der Waals surface area contributed by atoms with E-state index in [9.17, 15) is 9.59 Å². The Balaban J connectivity index is 1.59. The molecule has 4 aromatic rings. The van der Waals surface area contributed by atoms with Gasteiger partial charge < -0.3 is 15.4 Å². The predicted molar refractivity (Wildman–Crippen MR) is 135 cm³/mol. The van der Waals surface area contributed by atoms with Crippen LogP contribution in [0, 0.1) is 0 Å². The summed E-state index contributed by atoms with van der Waals surface area (Å²) in [5, 5.41) is 5.94. The minimum absolute atomic E-state index is 0.288. The minimum Gasteiger partial charge on any atom is -0.497 e. The summed E-state index contributed by atoms with van der Waals surface area (Å²) in [6.07, 6.45) is 0.357. The van der Waals surface area contributed by atoms with Crippen molar-refractivity contribution in [3.05, 3.63) is 120 Å². The number of hydrogen-bond donors (Lipinski definition) is 2. The number of amides is 2. The van der Waals surface area contributed by atoms with E-state index in [1.807, 2.05) is 84.9 Å². The Bertz CT molecular complexity index is 1260. The van der Waals surface area contributed by atoms with Crippen LogP contribution in [0.25, 0.3) is 11.1 Å². The number of carbonyl (C=O) groups is 2. The minimum atomic E-state index is -0.773. The molecule has 4 aromatic carbocycles. The molecule has 0 bridgehead atoms. The Hall–Kier alpha value is -4.38. The van der Waals surface area contributed by atoms with Gasteiger partial charge in [0.15, 0.2) is 0 Å². The topological polar surface area (TPSA) is 67.4 Å². The van der Waals surface area contributed by atoms with Crippen LogP contribution in [0.1, 0.15) is 15.9 Å². The number of para-hydroxylation sites is 1. The first kappa shape index (κ1) is 22.8. The molecule has 0 saturated carbocycles. The lowest BCUT2D eigenvalue weighted by Crippen LogP contribution is -2.45. The lowest BCUT2D eigenvalue weighted by molar-refractivity contribution is -0.118. The van der Waals surface area contributed by atoms with Crippen molar-refractivity contribution in [3.8, 4) is 16.9 Å². The van der Waals surface area contributed by atoms with Gasteiger partial charge in [-0.05, 0) is 35.4 Å². The fraction of sp³-hybridized carbons (Fsp3) is 0.103. The van der Waals surface area contributed by atoms with Gasteiger partial charge in [-0.1, -0.05) is 84.9 Å². The first-order valence-electron chi connectivity index (χ1n) is 11.1. The number of methoxy groups -OCH3 is 1. The molecule has 0 aromatic heterocycles. The van der Waals surface area contributed by atoms with Crippen LogP contribution in [0.3, 0.4) is 0 Å². The molecule has 0 fully saturated rings. The zero-order valence-electron chi connectivity index (χ0n) is 18.9. The van der Waals surface area contributed by atoms with Crippen LogP contribution in [-0.2, 0) is 11.2 Å². The number of hydrogen-bond acceptors (Lipinski definition) is 3. The van der Waals surface area contributed by atoms with Crippen LogP contribution in [-0.4, -0.2) is 25.0 Å². The largest absolute Gasteiger partial charge is 0.497 e. The molecule has 2 N–H and O–H groups in total. The molecule has 170 valence electrons. The Morgan fingerprint density at radius 3 is 2.21 bits per heavy atom. The van der Waals surface area contributed by atoms with Gasteiger partial charge in [-0.25, -0.2) is 0 Å². The summed E-state index contributed by atoms with van der Waals surface area (Å²) in [6, 6.07) is 33.2. The van der Waals surface area contributed by atoms with Crippen LogP contribution in [0.4, 0.5) is 5.69 Å². The zero-order chi connectivity index (χ0) is 23.8. The highest BCUT2D eigenvalue weighted by Crippen LogP contribution is 2.27. The quantitative estimate of drug-likeness (QED) is 0.381. The molecule has 0 heterocycles. The molecule has 2 amide bonds. The maximum Gasteiger partial charge on any atom is 0.252 e. The van der Waals surface area contributed by atoms with Crippen LogP contribution in [0.15, 0.2) is 109 Å². The SMILES string of the molecule is COc1cccc(C(=O)NC(Cc2ccccc2)C(=O)Nc2ccccc2-c2ccccc2)c1. The van der Waals surface area contributed by atoms with E-state index < -0.39 is 6.04 Å². The molecule has 5 nitrogen and oxygen atoms in total. The molecule has 4 rings (SSSR count). The second-order valence-electron chi connectivity index (χ2n) is 7.85. The van der Waals surface area contributed by atoms with Crippen molar-refractivity contribution in [2.45, 2.75) is 12.5 Å². The molecule has 0 spiro atoms. The van der Waals surface area contributed by atoms with E-state index in [0.717, 1.165) is 16.7 Å². The van der Waals surface area contributed by atoms with Crippen molar-refractivity contribution in [1.82, 2.24) is 5.32 Å².